The number of benzene rings is 2. The van der Waals surface area contributed by atoms with Crippen molar-refractivity contribution in [1.29, 1.82) is 0 Å². The smallest absolute Gasteiger partial charge is 0.343 e. The Balaban J connectivity index is 2.28. The molecule has 2 rings (SSSR count). The zero-order valence-corrected chi connectivity index (χ0v) is 12.3. The molecule has 0 bridgehead atoms. The number of nitro benzene ring substituents is 1. The first kappa shape index (κ1) is 15.3. The van der Waals surface area contributed by atoms with Gasteiger partial charge in [-0.25, -0.2) is 4.79 Å². The SMILES string of the molecule is Cc1ccc(C(=O)Oc2ccc(Cl)cc2Cl)cc1[N+](=O)[O-]. The molecule has 7 heteroatoms. The Labute approximate surface area is 130 Å². The number of nitrogens with zero attached hydrogens (tertiary/aromatic N) is 1. The largest absolute Gasteiger partial charge is 0.421 e. The van der Waals surface area contributed by atoms with E-state index in [9.17, 15) is 14.9 Å². The van der Waals surface area contributed by atoms with Crippen molar-refractivity contribution < 1.29 is 14.5 Å². The average Bonchev–Trinajstić information content (AvgIpc) is 2.42. The summed E-state index contributed by atoms with van der Waals surface area (Å²) in [5.74, 6) is -0.600. The molecule has 0 saturated carbocycles. The summed E-state index contributed by atoms with van der Waals surface area (Å²) in [6.07, 6.45) is 0. The van der Waals surface area contributed by atoms with Gasteiger partial charge in [-0.05, 0) is 31.2 Å². The van der Waals surface area contributed by atoms with Gasteiger partial charge in [-0.15, -0.1) is 0 Å². The van der Waals surface area contributed by atoms with Crippen LogP contribution in [-0.2, 0) is 0 Å². The van der Waals surface area contributed by atoms with Crippen molar-refractivity contribution in [2.24, 2.45) is 0 Å². The molecule has 0 fully saturated rings. The third kappa shape index (κ3) is 3.51. The maximum Gasteiger partial charge on any atom is 0.343 e. The van der Waals surface area contributed by atoms with Crippen molar-refractivity contribution >= 4 is 34.9 Å². The first-order valence-electron chi connectivity index (χ1n) is 5.81. The van der Waals surface area contributed by atoms with Crippen LogP contribution in [0.1, 0.15) is 15.9 Å². The molecule has 0 aliphatic heterocycles. The van der Waals surface area contributed by atoms with Crippen molar-refractivity contribution in [3.05, 3.63) is 67.7 Å². The molecule has 0 aliphatic carbocycles. The average molecular weight is 326 g/mol. The molecule has 0 atom stereocenters. The summed E-state index contributed by atoms with van der Waals surface area (Å²) in [6.45, 7) is 1.59. The summed E-state index contributed by atoms with van der Waals surface area (Å²) >= 11 is 11.6. The summed E-state index contributed by atoms with van der Waals surface area (Å²) in [6, 6.07) is 8.51. The van der Waals surface area contributed by atoms with Crippen molar-refractivity contribution in [1.82, 2.24) is 0 Å². The normalized spacial score (nSPS) is 10.2. The van der Waals surface area contributed by atoms with Crippen LogP contribution in [0, 0.1) is 17.0 Å². The van der Waals surface area contributed by atoms with Crippen molar-refractivity contribution in [3.8, 4) is 5.75 Å². The van der Waals surface area contributed by atoms with Gasteiger partial charge in [0.25, 0.3) is 5.69 Å². The van der Waals surface area contributed by atoms with Gasteiger partial charge in [0, 0.05) is 16.7 Å². The molecule has 0 aliphatic rings. The quantitative estimate of drug-likeness (QED) is 0.362. The Kier molecular flexibility index (Phi) is 4.45. The van der Waals surface area contributed by atoms with Crippen LogP contribution in [-0.4, -0.2) is 10.9 Å². The fraction of sp³-hybridized carbons (Fsp3) is 0.0714. The van der Waals surface area contributed by atoms with Crippen molar-refractivity contribution in [2.75, 3.05) is 0 Å². The highest BCUT2D eigenvalue weighted by molar-refractivity contribution is 6.35. The molecule has 0 unspecified atom stereocenters. The number of esters is 1. The van der Waals surface area contributed by atoms with E-state index < -0.39 is 10.9 Å². The predicted molar refractivity (Wildman–Crippen MR) is 79.3 cm³/mol. The van der Waals surface area contributed by atoms with E-state index in [0.29, 0.717) is 10.6 Å². The second-order valence-corrected chi connectivity index (χ2v) is 5.07. The number of rotatable bonds is 3. The van der Waals surface area contributed by atoms with Gasteiger partial charge < -0.3 is 4.74 Å². The Bertz CT molecular complexity index is 731. The highest BCUT2D eigenvalue weighted by Gasteiger charge is 2.17. The third-order valence-electron chi connectivity index (χ3n) is 2.74. The summed E-state index contributed by atoms with van der Waals surface area (Å²) in [4.78, 5) is 22.3. The van der Waals surface area contributed by atoms with Gasteiger partial charge in [0.05, 0.1) is 15.5 Å². The van der Waals surface area contributed by atoms with E-state index in [1.807, 2.05) is 0 Å². The van der Waals surface area contributed by atoms with Crippen molar-refractivity contribution in [3.63, 3.8) is 0 Å². The van der Waals surface area contributed by atoms with Crippen LogP contribution in [0.4, 0.5) is 5.69 Å². The van der Waals surface area contributed by atoms with Gasteiger partial charge >= 0.3 is 5.97 Å². The Morgan fingerprint density at radius 1 is 1.19 bits per heavy atom. The lowest BCUT2D eigenvalue weighted by Gasteiger charge is -2.07. The van der Waals surface area contributed by atoms with Crippen LogP contribution in [0.5, 0.6) is 5.75 Å². The van der Waals surface area contributed by atoms with E-state index in [1.165, 1.54) is 36.4 Å². The summed E-state index contributed by atoms with van der Waals surface area (Å²) in [5, 5.41) is 11.5. The fourth-order valence-corrected chi connectivity index (χ4v) is 2.10. The minimum Gasteiger partial charge on any atom is -0.421 e. The predicted octanol–water partition coefficient (Wildman–Crippen LogP) is 4.43. The number of ether oxygens (including phenoxy) is 1. The zero-order chi connectivity index (χ0) is 15.6. The molecule has 5 nitrogen and oxygen atoms in total. The molecule has 2 aromatic carbocycles. The molecule has 21 heavy (non-hydrogen) atoms. The number of carbonyl (C=O) groups excluding carboxylic acids is 1. The van der Waals surface area contributed by atoms with Crippen LogP contribution in [0.25, 0.3) is 0 Å². The molecule has 0 radical (unpaired) electrons. The number of carbonyl (C=O) groups is 1. The van der Waals surface area contributed by atoms with E-state index in [0.717, 1.165) is 0 Å². The number of halogens is 2. The Morgan fingerprint density at radius 2 is 1.90 bits per heavy atom. The summed E-state index contributed by atoms with van der Waals surface area (Å²) in [5.41, 5.74) is 0.381. The zero-order valence-electron chi connectivity index (χ0n) is 10.8. The van der Waals surface area contributed by atoms with Gasteiger partial charge in [-0.3, -0.25) is 10.1 Å². The number of aryl methyl sites for hydroxylation is 1. The monoisotopic (exact) mass is 325 g/mol. The minimum atomic E-state index is -0.734. The summed E-state index contributed by atoms with van der Waals surface area (Å²) < 4.78 is 5.11. The van der Waals surface area contributed by atoms with Crippen LogP contribution >= 0.6 is 23.2 Å². The molecule has 0 spiro atoms. The second kappa shape index (κ2) is 6.11. The van der Waals surface area contributed by atoms with Gasteiger partial charge in [0.1, 0.15) is 5.75 Å². The van der Waals surface area contributed by atoms with E-state index in [4.69, 9.17) is 27.9 Å². The van der Waals surface area contributed by atoms with Crippen LogP contribution < -0.4 is 4.74 Å². The Hall–Kier alpha value is -2.11. The topological polar surface area (TPSA) is 69.4 Å². The number of hydrogen-bond acceptors (Lipinski definition) is 4. The molecule has 0 heterocycles. The van der Waals surface area contributed by atoms with Gasteiger partial charge in [-0.2, -0.15) is 0 Å². The standard InChI is InChI=1S/C14H9Cl2NO4/c1-8-2-3-9(6-12(8)17(19)20)14(18)21-13-5-4-10(15)7-11(13)16/h2-7H,1H3. The maximum atomic E-state index is 12.0. The molecular formula is C14H9Cl2NO4. The molecular weight excluding hydrogens is 317 g/mol. The van der Waals surface area contributed by atoms with Crippen molar-refractivity contribution in [2.45, 2.75) is 6.92 Å². The highest BCUT2D eigenvalue weighted by atomic mass is 35.5. The Morgan fingerprint density at radius 3 is 2.52 bits per heavy atom. The lowest BCUT2D eigenvalue weighted by molar-refractivity contribution is -0.385. The maximum absolute atomic E-state index is 12.0. The lowest BCUT2D eigenvalue weighted by atomic mass is 10.1. The minimum absolute atomic E-state index is 0.0679. The molecule has 0 saturated heterocycles. The molecule has 0 aromatic heterocycles. The third-order valence-corrected chi connectivity index (χ3v) is 3.27. The van der Waals surface area contributed by atoms with E-state index in [1.54, 1.807) is 6.92 Å². The first-order valence-corrected chi connectivity index (χ1v) is 6.56. The van der Waals surface area contributed by atoms with E-state index in [2.05, 4.69) is 0 Å². The van der Waals surface area contributed by atoms with Gasteiger partial charge in [0.15, 0.2) is 0 Å². The van der Waals surface area contributed by atoms with E-state index >= 15 is 0 Å². The van der Waals surface area contributed by atoms with Gasteiger partial charge in [0.2, 0.25) is 0 Å². The fourth-order valence-electron chi connectivity index (χ4n) is 1.65. The molecule has 0 amide bonds. The summed E-state index contributed by atoms with van der Waals surface area (Å²) in [7, 11) is 0. The highest BCUT2D eigenvalue weighted by Crippen LogP contribution is 2.28. The van der Waals surface area contributed by atoms with Crippen LogP contribution in [0.3, 0.4) is 0 Å². The number of hydrogen-bond donors (Lipinski definition) is 0. The van der Waals surface area contributed by atoms with Crippen LogP contribution in [0.2, 0.25) is 10.0 Å². The number of nitro groups is 1. The van der Waals surface area contributed by atoms with E-state index in [-0.39, 0.29) is 22.0 Å². The second-order valence-electron chi connectivity index (χ2n) is 4.22. The molecule has 2 aromatic rings. The van der Waals surface area contributed by atoms with Crippen LogP contribution in [0.15, 0.2) is 36.4 Å². The first-order chi connectivity index (χ1) is 9.88. The lowest BCUT2D eigenvalue weighted by Crippen LogP contribution is -2.09. The molecule has 0 N–H and O–H groups in total. The van der Waals surface area contributed by atoms with Gasteiger partial charge in [-0.1, -0.05) is 29.3 Å². The molecule has 108 valence electrons.